The van der Waals surface area contributed by atoms with Crippen LogP contribution in [0.1, 0.15) is 16.1 Å². The molecule has 0 aliphatic carbocycles. The van der Waals surface area contributed by atoms with Gasteiger partial charge in [-0.25, -0.2) is 9.67 Å². The lowest BCUT2D eigenvalue weighted by molar-refractivity contribution is 0.0942. The van der Waals surface area contributed by atoms with Crippen molar-refractivity contribution in [1.82, 2.24) is 20.1 Å². The molecule has 25 heavy (non-hydrogen) atoms. The standard InChI is InChI=1S/C18H18N4O3/c1-24-15-12-22(14-6-4-3-5-7-14)21-17(15)18(23)20-11-13-8-9-16(25-2)19-10-13/h3-10,12H,11H2,1-2H3,(H,20,23). The Morgan fingerprint density at radius 2 is 1.92 bits per heavy atom. The SMILES string of the molecule is COc1ccc(CNC(=O)c2nn(-c3ccccc3)cc2OC)cn1. The molecular formula is C18H18N4O3. The zero-order valence-electron chi connectivity index (χ0n) is 14.0. The van der Waals surface area contributed by atoms with Crippen LogP contribution in [0.4, 0.5) is 0 Å². The van der Waals surface area contributed by atoms with Crippen LogP contribution in [0, 0.1) is 0 Å². The van der Waals surface area contributed by atoms with Crippen LogP contribution in [0.5, 0.6) is 11.6 Å². The number of aromatic nitrogens is 3. The Morgan fingerprint density at radius 3 is 2.56 bits per heavy atom. The van der Waals surface area contributed by atoms with Gasteiger partial charge < -0.3 is 14.8 Å². The van der Waals surface area contributed by atoms with Crippen LogP contribution in [-0.4, -0.2) is 34.9 Å². The number of carbonyl (C=O) groups is 1. The molecule has 0 atom stereocenters. The summed E-state index contributed by atoms with van der Waals surface area (Å²) in [5.41, 5.74) is 1.93. The second-order valence-corrected chi connectivity index (χ2v) is 5.22. The number of hydrogen-bond donors (Lipinski definition) is 1. The molecule has 0 aliphatic heterocycles. The lowest BCUT2D eigenvalue weighted by Crippen LogP contribution is -2.24. The number of carbonyl (C=O) groups excluding carboxylic acids is 1. The Bertz CT molecular complexity index is 845. The van der Waals surface area contributed by atoms with Gasteiger partial charge in [-0.15, -0.1) is 0 Å². The van der Waals surface area contributed by atoms with Gasteiger partial charge in [0.15, 0.2) is 11.4 Å². The number of methoxy groups -OCH3 is 2. The number of pyridine rings is 1. The van der Waals surface area contributed by atoms with E-state index in [9.17, 15) is 4.79 Å². The van der Waals surface area contributed by atoms with Gasteiger partial charge in [0.25, 0.3) is 5.91 Å². The third-order valence-corrected chi connectivity index (χ3v) is 3.60. The predicted molar refractivity (Wildman–Crippen MR) is 92.1 cm³/mol. The molecule has 0 bridgehead atoms. The van der Waals surface area contributed by atoms with Crippen molar-refractivity contribution in [2.45, 2.75) is 6.54 Å². The number of para-hydroxylation sites is 1. The number of rotatable bonds is 6. The van der Waals surface area contributed by atoms with Crippen molar-refractivity contribution >= 4 is 5.91 Å². The van der Waals surface area contributed by atoms with Crippen LogP contribution < -0.4 is 14.8 Å². The number of amides is 1. The molecule has 3 rings (SSSR count). The molecule has 7 nitrogen and oxygen atoms in total. The van der Waals surface area contributed by atoms with Gasteiger partial charge in [-0.05, 0) is 17.7 Å². The van der Waals surface area contributed by atoms with Crippen LogP contribution in [-0.2, 0) is 6.54 Å². The van der Waals surface area contributed by atoms with Crippen molar-refractivity contribution in [1.29, 1.82) is 0 Å². The first-order valence-corrected chi connectivity index (χ1v) is 7.67. The molecule has 0 fully saturated rings. The lowest BCUT2D eigenvalue weighted by Gasteiger charge is -2.05. The summed E-state index contributed by atoms with van der Waals surface area (Å²) >= 11 is 0. The fourth-order valence-corrected chi connectivity index (χ4v) is 2.28. The zero-order valence-corrected chi connectivity index (χ0v) is 14.0. The minimum absolute atomic E-state index is 0.229. The van der Waals surface area contributed by atoms with E-state index in [4.69, 9.17) is 9.47 Å². The molecule has 1 amide bonds. The van der Waals surface area contributed by atoms with E-state index < -0.39 is 0 Å². The molecule has 0 saturated carbocycles. The van der Waals surface area contributed by atoms with Crippen LogP contribution >= 0.6 is 0 Å². The maximum absolute atomic E-state index is 12.5. The molecule has 0 saturated heterocycles. The molecule has 128 valence electrons. The minimum Gasteiger partial charge on any atom is -0.493 e. The normalized spacial score (nSPS) is 10.3. The third-order valence-electron chi connectivity index (χ3n) is 3.60. The minimum atomic E-state index is -0.317. The lowest BCUT2D eigenvalue weighted by atomic mass is 10.2. The second kappa shape index (κ2) is 7.48. The zero-order chi connectivity index (χ0) is 17.6. The molecular weight excluding hydrogens is 320 g/mol. The Hall–Kier alpha value is -3.35. The highest BCUT2D eigenvalue weighted by Crippen LogP contribution is 2.19. The number of ether oxygens (including phenoxy) is 2. The highest BCUT2D eigenvalue weighted by atomic mass is 16.5. The summed E-state index contributed by atoms with van der Waals surface area (Å²) in [5, 5.41) is 7.15. The molecule has 0 radical (unpaired) electrons. The Kier molecular flexibility index (Phi) is 4.94. The molecule has 0 spiro atoms. The molecule has 1 aromatic carbocycles. The van der Waals surface area contributed by atoms with Gasteiger partial charge in [0.05, 0.1) is 26.1 Å². The van der Waals surface area contributed by atoms with Crippen LogP contribution in [0.15, 0.2) is 54.9 Å². The monoisotopic (exact) mass is 338 g/mol. The fourth-order valence-electron chi connectivity index (χ4n) is 2.28. The van der Waals surface area contributed by atoms with Crippen LogP contribution in [0.25, 0.3) is 5.69 Å². The van der Waals surface area contributed by atoms with Gasteiger partial charge in [0.2, 0.25) is 5.88 Å². The third kappa shape index (κ3) is 3.77. The number of benzene rings is 1. The smallest absolute Gasteiger partial charge is 0.275 e. The van der Waals surface area contributed by atoms with E-state index in [1.54, 1.807) is 30.3 Å². The van der Waals surface area contributed by atoms with E-state index in [-0.39, 0.29) is 11.6 Å². The highest BCUT2D eigenvalue weighted by Gasteiger charge is 2.18. The molecule has 7 heteroatoms. The number of nitrogens with zero attached hydrogens (tertiary/aromatic N) is 3. The summed E-state index contributed by atoms with van der Waals surface area (Å²) in [6.45, 7) is 0.331. The van der Waals surface area contributed by atoms with Gasteiger partial charge in [0, 0.05) is 18.8 Å². The van der Waals surface area contributed by atoms with E-state index in [1.165, 1.54) is 7.11 Å². The molecule has 0 unspecified atom stereocenters. The molecule has 3 aromatic rings. The first-order chi connectivity index (χ1) is 12.2. The van der Waals surface area contributed by atoms with Gasteiger partial charge in [0.1, 0.15) is 0 Å². The molecule has 1 N–H and O–H groups in total. The van der Waals surface area contributed by atoms with Crippen molar-refractivity contribution in [2.75, 3.05) is 14.2 Å². The van der Waals surface area contributed by atoms with Crippen molar-refractivity contribution in [3.63, 3.8) is 0 Å². The van der Waals surface area contributed by atoms with Gasteiger partial charge >= 0.3 is 0 Å². The number of nitrogens with one attached hydrogen (secondary N) is 1. The summed E-state index contributed by atoms with van der Waals surface area (Å²) in [4.78, 5) is 16.6. The van der Waals surface area contributed by atoms with Crippen LogP contribution in [0.2, 0.25) is 0 Å². The molecule has 2 heterocycles. The average molecular weight is 338 g/mol. The maximum Gasteiger partial charge on any atom is 0.275 e. The van der Waals surface area contributed by atoms with Crippen molar-refractivity contribution in [3.8, 4) is 17.3 Å². The Labute approximate surface area is 145 Å². The van der Waals surface area contributed by atoms with Crippen molar-refractivity contribution in [3.05, 3.63) is 66.1 Å². The topological polar surface area (TPSA) is 78.3 Å². The largest absolute Gasteiger partial charge is 0.493 e. The van der Waals surface area contributed by atoms with E-state index in [1.807, 2.05) is 36.4 Å². The first kappa shape index (κ1) is 16.5. The van der Waals surface area contributed by atoms with E-state index in [0.29, 0.717) is 18.2 Å². The Balaban J connectivity index is 1.73. The van der Waals surface area contributed by atoms with Crippen molar-refractivity contribution in [2.24, 2.45) is 0 Å². The van der Waals surface area contributed by atoms with E-state index >= 15 is 0 Å². The van der Waals surface area contributed by atoms with E-state index in [2.05, 4.69) is 15.4 Å². The second-order valence-electron chi connectivity index (χ2n) is 5.22. The van der Waals surface area contributed by atoms with Gasteiger partial charge in [-0.2, -0.15) is 5.10 Å². The maximum atomic E-state index is 12.5. The van der Waals surface area contributed by atoms with Crippen molar-refractivity contribution < 1.29 is 14.3 Å². The van der Waals surface area contributed by atoms with Gasteiger partial charge in [-0.1, -0.05) is 24.3 Å². The van der Waals surface area contributed by atoms with E-state index in [0.717, 1.165) is 11.3 Å². The number of hydrogen-bond acceptors (Lipinski definition) is 5. The Morgan fingerprint density at radius 1 is 1.12 bits per heavy atom. The molecule has 2 aromatic heterocycles. The fraction of sp³-hybridized carbons (Fsp3) is 0.167. The molecule has 0 aliphatic rings. The highest BCUT2D eigenvalue weighted by molar-refractivity contribution is 5.94. The first-order valence-electron chi connectivity index (χ1n) is 7.67. The summed E-state index contributed by atoms with van der Waals surface area (Å²) in [6.07, 6.45) is 3.33. The summed E-state index contributed by atoms with van der Waals surface area (Å²) in [5.74, 6) is 0.620. The average Bonchev–Trinajstić information content (AvgIpc) is 3.12. The van der Waals surface area contributed by atoms with Gasteiger partial charge in [-0.3, -0.25) is 4.79 Å². The van der Waals surface area contributed by atoms with Crippen LogP contribution in [0.3, 0.4) is 0 Å². The summed E-state index contributed by atoms with van der Waals surface area (Å²) in [7, 11) is 3.07. The summed E-state index contributed by atoms with van der Waals surface area (Å²) < 4.78 is 11.9. The quantitative estimate of drug-likeness (QED) is 0.745. The predicted octanol–water partition coefficient (Wildman–Crippen LogP) is 2.21. The summed E-state index contributed by atoms with van der Waals surface area (Å²) in [6, 6.07) is 13.1.